The molecule has 3 amide bonds. The summed E-state index contributed by atoms with van der Waals surface area (Å²) in [5, 5.41) is 3.08. The Bertz CT molecular complexity index is 525. The van der Waals surface area contributed by atoms with Gasteiger partial charge < -0.3 is 10.2 Å². The van der Waals surface area contributed by atoms with E-state index in [4.69, 9.17) is 4.84 Å². The third kappa shape index (κ3) is 3.76. The first-order valence-corrected chi connectivity index (χ1v) is 8.89. The predicted molar refractivity (Wildman–Crippen MR) is 83.0 cm³/mol. The number of amides is 3. The maximum Gasteiger partial charge on any atom is 0.352 e. The normalized spacial score (nSPS) is 27.8. The molecular weight excluding hydrogens is 312 g/mol. The highest BCUT2D eigenvalue weighted by atomic mass is 16.7. The van der Waals surface area contributed by atoms with Crippen LogP contribution in [0.25, 0.3) is 0 Å². The summed E-state index contributed by atoms with van der Waals surface area (Å²) in [7, 11) is 0. The third-order valence-electron chi connectivity index (χ3n) is 5.52. The van der Waals surface area contributed by atoms with E-state index in [-0.39, 0.29) is 31.2 Å². The number of carbonyl (C=O) groups excluding carboxylic acids is 4. The topological polar surface area (TPSA) is 92.8 Å². The second-order valence-electron chi connectivity index (χ2n) is 7.08. The van der Waals surface area contributed by atoms with Gasteiger partial charge >= 0.3 is 5.97 Å². The van der Waals surface area contributed by atoms with Crippen molar-refractivity contribution in [2.24, 2.45) is 17.8 Å². The zero-order valence-electron chi connectivity index (χ0n) is 13.8. The molecule has 24 heavy (non-hydrogen) atoms. The number of hydroxylamine groups is 2. The molecule has 1 aliphatic heterocycles. The van der Waals surface area contributed by atoms with Gasteiger partial charge in [-0.2, -0.15) is 0 Å². The van der Waals surface area contributed by atoms with Gasteiger partial charge in [-0.05, 0) is 31.1 Å². The van der Waals surface area contributed by atoms with E-state index in [2.05, 4.69) is 5.32 Å². The molecule has 132 valence electrons. The second kappa shape index (κ2) is 7.32. The summed E-state index contributed by atoms with van der Waals surface area (Å²) < 4.78 is 0. The van der Waals surface area contributed by atoms with Crippen molar-refractivity contribution in [2.45, 2.75) is 57.8 Å². The van der Waals surface area contributed by atoms with Gasteiger partial charge in [0, 0.05) is 18.8 Å². The van der Waals surface area contributed by atoms with Gasteiger partial charge in [-0.15, -0.1) is 5.06 Å². The summed E-state index contributed by atoms with van der Waals surface area (Å²) in [6, 6.07) is 0. The van der Waals surface area contributed by atoms with E-state index in [9.17, 15) is 19.2 Å². The number of carbonyl (C=O) groups is 4. The summed E-state index contributed by atoms with van der Waals surface area (Å²) in [6.45, 7) is -0.319. The van der Waals surface area contributed by atoms with Crippen LogP contribution >= 0.6 is 0 Å². The maximum atomic E-state index is 12.2. The number of imide groups is 1. The molecule has 1 saturated heterocycles. The molecule has 1 heterocycles. The summed E-state index contributed by atoms with van der Waals surface area (Å²) in [5.41, 5.74) is 0. The summed E-state index contributed by atoms with van der Waals surface area (Å²) in [4.78, 5) is 51.4. The molecule has 7 nitrogen and oxygen atoms in total. The monoisotopic (exact) mass is 336 g/mol. The third-order valence-corrected chi connectivity index (χ3v) is 5.52. The van der Waals surface area contributed by atoms with Crippen LogP contribution in [0.1, 0.15) is 57.8 Å². The van der Waals surface area contributed by atoms with Crippen molar-refractivity contribution in [3.05, 3.63) is 0 Å². The van der Waals surface area contributed by atoms with Crippen LogP contribution in [0.3, 0.4) is 0 Å². The van der Waals surface area contributed by atoms with Gasteiger partial charge in [-0.25, -0.2) is 4.79 Å². The SMILES string of the molecule is O=C(CNC(=O)C1CCC(C2CCCC2)C1)ON1C(=O)CCC1=O. The lowest BCUT2D eigenvalue weighted by molar-refractivity contribution is -0.196. The average molecular weight is 336 g/mol. The minimum absolute atomic E-state index is 0.0431. The van der Waals surface area contributed by atoms with Crippen molar-refractivity contribution in [3.63, 3.8) is 0 Å². The lowest BCUT2D eigenvalue weighted by Crippen LogP contribution is -2.39. The van der Waals surface area contributed by atoms with E-state index < -0.39 is 17.8 Å². The largest absolute Gasteiger partial charge is 0.352 e. The highest BCUT2D eigenvalue weighted by molar-refractivity contribution is 6.01. The Hall–Kier alpha value is -1.92. The van der Waals surface area contributed by atoms with Crippen molar-refractivity contribution in [3.8, 4) is 0 Å². The summed E-state index contributed by atoms with van der Waals surface area (Å²) in [6.07, 6.45) is 8.14. The van der Waals surface area contributed by atoms with Gasteiger partial charge in [0.25, 0.3) is 11.8 Å². The van der Waals surface area contributed by atoms with Crippen molar-refractivity contribution >= 4 is 23.7 Å². The Morgan fingerprint density at radius 3 is 2.33 bits per heavy atom. The molecule has 2 saturated carbocycles. The van der Waals surface area contributed by atoms with Gasteiger partial charge in [0.2, 0.25) is 5.91 Å². The molecule has 2 aliphatic carbocycles. The number of hydrogen-bond donors (Lipinski definition) is 1. The summed E-state index contributed by atoms with van der Waals surface area (Å²) >= 11 is 0. The van der Waals surface area contributed by atoms with Gasteiger partial charge in [0.05, 0.1) is 0 Å². The van der Waals surface area contributed by atoms with Crippen molar-refractivity contribution in [1.82, 2.24) is 10.4 Å². The average Bonchev–Trinajstić information content (AvgIpc) is 3.29. The standard InChI is InChI=1S/C17H24N2O5/c20-14-7-8-15(21)19(14)24-16(22)10-18-17(23)13-6-5-12(9-13)11-3-1-2-4-11/h11-13H,1-10H2,(H,18,23). The Morgan fingerprint density at radius 2 is 1.67 bits per heavy atom. The fraction of sp³-hybridized carbons (Fsp3) is 0.765. The number of nitrogens with one attached hydrogen (secondary N) is 1. The lowest BCUT2D eigenvalue weighted by atomic mass is 9.89. The van der Waals surface area contributed by atoms with Crippen molar-refractivity contribution < 1.29 is 24.0 Å². The Balaban J connectivity index is 1.40. The Labute approximate surface area is 141 Å². The van der Waals surface area contributed by atoms with Crippen LogP contribution in [0, 0.1) is 17.8 Å². The molecule has 2 atom stereocenters. The minimum Gasteiger partial charge on any atom is -0.345 e. The Morgan fingerprint density at radius 1 is 1.00 bits per heavy atom. The molecule has 0 aromatic rings. The van der Waals surface area contributed by atoms with Crippen LogP contribution in [0.5, 0.6) is 0 Å². The molecule has 0 radical (unpaired) electrons. The highest BCUT2D eigenvalue weighted by Crippen LogP contribution is 2.42. The van der Waals surface area contributed by atoms with Crippen LogP contribution in [0.4, 0.5) is 0 Å². The van der Waals surface area contributed by atoms with Gasteiger partial charge in [0.15, 0.2) is 0 Å². The molecule has 3 aliphatic rings. The number of rotatable bonds is 5. The van der Waals surface area contributed by atoms with Gasteiger partial charge in [-0.3, -0.25) is 14.4 Å². The zero-order valence-corrected chi connectivity index (χ0v) is 13.8. The highest BCUT2D eigenvalue weighted by Gasteiger charge is 2.36. The van der Waals surface area contributed by atoms with Gasteiger partial charge in [-0.1, -0.05) is 25.7 Å². The van der Waals surface area contributed by atoms with E-state index in [0.717, 1.165) is 25.2 Å². The van der Waals surface area contributed by atoms with E-state index in [1.807, 2.05) is 0 Å². The van der Waals surface area contributed by atoms with Crippen LogP contribution in [-0.2, 0) is 24.0 Å². The van der Waals surface area contributed by atoms with Crippen LogP contribution in [0.2, 0.25) is 0 Å². The van der Waals surface area contributed by atoms with Crippen molar-refractivity contribution in [1.29, 1.82) is 0 Å². The molecule has 0 aromatic heterocycles. The summed E-state index contributed by atoms with van der Waals surface area (Å²) in [5.74, 6) is -0.609. The molecule has 7 heteroatoms. The first kappa shape index (κ1) is 16.9. The second-order valence-corrected chi connectivity index (χ2v) is 7.08. The lowest BCUT2D eigenvalue weighted by Gasteiger charge is -2.18. The molecule has 3 rings (SSSR count). The fourth-order valence-electron chi connectivity index (χ4n) is 4.21. The molecule has 0 spiro atoms. The zero-order chi connectivity index (χ0) is 17.1. The maximum absolute atomic E-state index is 12.2. The number of nitrogens with zero attached hydrogens (tertiary/aromatic N) is 1. The number of hydrogen-bond acceptors (Lipinski definition) is 5. The molecule has 2 unspecified atom stereocenters. The first-order chi connectivity index (χ1) is 11.5. The van der Waals surface area contributed by atoms with E-state index in [1.54, 1.807) is 0 Å². The van der Waals surface area contributed by atoms with E-state index >= 15 is 0 Å². The molecular formula is C17H24N2O5. The van der Waals surface area contributed by atoms with E-state index in [1.165, 1.54) is 25.7 Å². The molecule has 3 fully saturated rings. The molecule has 0 bridgehead atoms. The van der Waals surface area contributed by atoms with Gasteiger partial charge in [0.1, 0.15) is 6.54 Å². The van der Waals surface area contributed by atoms with E-state index in [0.29, 0.717) is 11.0 Å². The van der Waals surface area contributed by atoms with Crippen LogP contribution in [-0.4, -0.2) is 35.3 Å². The quantitative estimate of drug-likeness (QED) is 0.764. The Kier molecular flexibility index (Phi) is 5.16. The first-order valence-electron chi connectivity index (χ1n) is 8.89. The van der Waals surface area contributed by atoms with Crippen LogP contribution in [0.15, 0.2) is 0 Å². The predicted octanol–water partition coefficient (Wildman–Crippen LogP) is 1.32. The fourth-order valence-corrected chi connectivity index (χ4v) is 4.21. The smallest absolute Gasteiger partial charge is 0.345 e. The van der Waals surface area contributed by atoms with Crippen molar-refractivity contribution in [2.75, 3.05) is 6.54 Å². The minimum atomic E-state index is -0.794. The van der Waals surface area contributed by atoms with Crippen LogP contribution < -0.4 is 5.32 Å². The molecule has 1 N–H and O–H groups in total. The molecule has 0 aromatic carbocycles.